The minimum absolute atomic E-state index is 0.241. The van der Waals surface area contributed by atoms with Crippen LogP contribution in [-0.2, 0) is 6.42 Å². The van der Waals surface area contributed by atoms with Crippen LogP contribution in [0.4, 0.5) is 0 Å². The van der Waals surface area contributed by atoms with E-state index in [2.05, 4.69) is 21.0 Å². The second-order valence-electron chi connectivity index (χ2n) is 5.00. The van der Waals surface area contributed by atoms with Gasteiger partial charge in [-0.05, 0) is 41.7 Å². The van der Waals surface area contributed by atoms with Crippen LogP contribution in [0, 0.1) is 0 Å². The molecule has 1 amide bonds. The molecule has 0 fully saturated rings. The molecule has 22 heavy (non-hydrogen) atoms. The van der Waals surface area contributed by atoms with Gasteiger partial charge in [0.25, 0.3) is 5.91 Å². The van der Waals surface area contributed by atoms with E-state index >= 15 is 0 Å². The number of aryl methyl sites for hydroxylation is 1. The monoisotopic (exact) mass is 293 g/mol. The van der Waals surface area contributed by atoms with E-state index in [9.17, 15) is 4.79 Å². The fourth-order valence-electron chi connectivity index (χ4n) is 2.55. The molecule has 1 aliphatic carbocycles. The second kappa shape index (κ2) is 5.77. The van der Waals surface area contributed by atoms with Gasteiger partial charge in [0, 0.05) is 23.5 Å². The van der Waals surface area contributed by atoms with Crippen LogP contribution >= 0.6 is 0 Å². The van der Waals surface area contributed by atoms with Gasteiger partial charge in [0.1, 0.15) is 6.33 Å². The Labute approximate surface area is 127 Å². The minimum atomic E-state index is -0.447. The smallest absolute Gasteiger partial charge is 0.280 e. The van der Waals surface area contributed by atoms with Crippen LogP contribution in [0.15, 0.2) is 48.0 Å². The zero-order valence-electron chi connectivity index (χ0n) is 11.9. The summed E-state index contributed by atoms with van der Waals surface area (Å²) in [4.78, 5) is 23.7. The molecule has 0 bridgehead atoms. The van der Waals surface area contributed by atoms with Gasteiger partial charge in [-0.2, -0.15) is 4.99 Å². The summed E-state index contributed by atoms with van der Waals surface area (Å²) in [7, 11) is 0. The summed E-state index contributed by atoms with van der Waals surface area (Å²) in [5.74, 6) is -0.688. The molecular formula is C16H15N5O. The topological polar surface area (TPSA) is 107 Å². The number of aromatic nitrogens is 2. The summed E-state index contributed by atoms with van der Waals surface area (Å²) in [5, 5.41) is 0. The van der Waals surface area contributed by atoms with Crippen molar-refractivity contribution in [3.8, 4) is 0 Å². The highest BCUT2D eigenvalue weighted by molar-refractivity contribution is 6.02. The van der Waals surface area contributed by atoms with Gasteiger partial charge in [-0.25, -0.2) is 9.97 Å². The van der Waals surface area contributed by atoms with E-state index in [0.717, 1.165) is 29.5 Å². The number of hydrogen-bond donors (Lipinski definition) is 2. The van der Waals surface area contributed by atoms with E-state index in [1.165, 1.54) is 11.9 Å². The van der Waals surface area contributed by atoms with Crippen LogP contribution in [0.3, 0.4) is 0 Å². The number of aliphatic imine (C=N–C) groups is 1. The van der Waals surface area contributed by atoms with Crippen LogP contribution in [0.2, 0.25) is 0 Å². The molecule has 0 spiro atoms. The normalized spacial score (nSPS) is 13.0. The highest BCUT2D eigenvalue weighted by Gasteiger charge is 2.17. The van der Waals surface area contributed by atoms with E-state index in [1.807, 2.05) is 12.1 Å². The number of carbonyl (C=O) groups excluding carboxylic acids is 1. The maximum absolute atomic E-state index is 12.0. The Bertz CT molecular complexity index is 776. The first-order valence-electron chi connectivity index (χ1n) is 6.88. The maximum atomic E-state index is 12.0. The standard InChI is InChI=1S/C16H15N5O/c17-16(18)21-15(22)11-5-4-10-2-1-3-13(14(10)6-11)12-7-19-9-20-8-12/h3-9H,1-2H2,(H4,17,18,21,22). The molecule has 2 aromatic rings. The highest BCUT2D eigenvalue weighted by Crippen LogP contribution is 2.31. The molecule has 0 saturated carbocycles. The van der Waals surface area contributed by atoms with Crippen molar-refractivity contribution in [2.24, 2.45) is 16.5 Å². The van der Waals surface area contributed by atoms with Gasteiger partial charge in [-0.15, -0.1) is 0 Å². The Morgan fingerprint density at radius 2 is 1.95 bits per heavy atom. The Morgan fingerprint density at radius 1 is 1.18 bits per heavy atom. The molecule has 1 heterocycles. The summed E-state index contributed by atoms with van der Waals surface area (Å²) in [5.41, 5.74) is 15.1. The number of guanidine groups is 1. The van der Waals surface area contributed by atoms with Crippen molar-refractivity contribution in [2.45, 2.75) is 12.8 Å². The lowest BCUT2D eigenvalue weighted by Crippen LogP contribution is -2.24. The molecular weight excluding hydrogens is 278 g/mol. The third kappa shape index (κ3) is 2.71. The molecule has 0 atom stereocenters. The number of nitrogens with zero attached hydrogens (tertiary/aromatic N) is 3. The Morgan fingerprint density at radius 3 is 2.68 bits per heavy atom. The van der Waals surface area contributed by atoms with Crippen LogP contribution in [0.5, 0.6) is 0 Å². The Hall–Kier alpha value is -3.02. The lowest BCUT2D eigenvalue weighted by Gasteiger charge is -2.18. The summed E-state index contributed by atoms with van der Waals surface area (Å²) >= 11 is 0. The zero-order valence-corrected chi connectivity index (χ0v) is 11.9. The van der Waals surface area contributed by atoms with E-state index in [1.54, 1.807) is 18.5 Å². The van der Waals surface area contributed by atoms with Gasteiger partial charge >= 0.3 is 0 Å². The number of amides is 1. The largest absolute Gasteiger partial charge is 0.370 e. The van der Waals surface area contributed by atoms with Crippen LogP contribution in [0.25, 0.3) is 5.57 Å². The molecule has 6 heteroatoms. The summed E-state index contributed by atoms with van der Waals surface area (Å²) in [6, 6.07) is 5.52. The number of rotatable bonds is 2. The van der Waals surface area contributed by atoms with Crippen molar-refractivity contribution >= 4 is 17.4 Å². The summed E-state index contributed by atoms with van der Waals surface area (Å²) < 4.78 is 0. The minimum Gasteiger partial charge on any atom is -0.370 e. The van der Waals surface area contributed by atoms with Crippen LogP contribution in [-0.4, -0.2) is 21.8 Å². The molecule has 1 aromatic carbocycles. The number of nitrogens with two attached hydrogens (primary N) is 2. The van der Waals surface area contributed by atoms with Gasteiger partial charge in [0.05, 0.1) is 0 Å². The summed E-state index contributed by atoms with van der Waals surface area (Å²) in [6.07, 6.45) is 9.03. The molecule has 6 nitrogen and oxygen atoms in total. The molecule has 0 radical (unpaired) electrons. The molecule has 4 N–H and O–H groups in total. The third-order valence-electron chi connectivity index (χ3n) is 3.51. The third-order valence-corrected chi connectivity index (χ3v) is 3.51. The van der Waals surface area contributed by atoms with Crippen molar-refractivity contribution in [1.29, 1.82) is 0 Å². The van der Waals surface area contributed by atoms with Gasteiger partial charge < -0.3 is 11.5 Å². The zero-order chi connectivity index (χ0) is 15.5. The van der Waals surface area contributed by atoms with Crippen LogP contribution in [0.1, 0.15) is 33.5 Å². The molecule has 1 aliphatic rings. The van der Waals surface area contributed by atoms with Gasteiger partial charge in [0.15, 0.2) is 5.96 Å². The van der Waals surface area contributed by atoms with Gasteiger partial charge in [-0.3, -0.25) is 4.79 Å². The average Bonchev–Trinajstić information content (AvgIpc) is 2.54. The lowest BCUT2D eigenvalue weighted by molar-refractivity contribution is 0.100. The van der Waals surface area contributed by atoms with Crippen molar-refractivity contribution in [1.82, 2.24) is 9.97 Å². The molecule has 0 unspecified atom stereocenters. The number of fused-ring (bicyclic) bond motifs is 1. The van der Waals surface area contributed by atoms with E-state index < -0.39 is 5.91 Å². The first-order valence-corrected chi connectivity index (χ1v) is 6.88. The Kier molecular flexibility index (Phi) is 3.65. The first kappa shape index (κ1) is 13.9. The molecule has 1 aromatic heterocycles. The predicted octanol–water partition coefficient (Wildman–Crippen LogP) is 1.27. The molecule has 110 valence electrons. The van der Waals surface area contributed by atoms with Crippen molar-refractivity contribution in [3.63, 3.8) is 0 Å². The van der Waals surface area contributed by atoms with Crippen molar-refractivity contribution in [2.75, 3.05) is 0 Å². The lowest BCUT2D eigenvalue weighted by atomic mass is 9.87. The molecule has 3 rings (SSSR count). The fraction of sp³-hybridized carbons (Fsp3) is 0.125. The van der Waals surface area contributed by atoms with Gasteiger partial charge in [0.2, 0.25) is 0 Å². The van der Waals surface area contributed by atoms with E-state index in [4.69, 9.17) is 11.5 Å². The number of benzene rings is 1. The fourth-order valence-corrected chi connectivity index (χ4v) is 2.55. The van der Waals surface area contributed by atoms with E-state index in [-0.39, 0.29) is 5.96 Å². The highest BCUT2D eigenvalue weighted by atomic mass is 16.1. The van der Waals surface area contributed by atoms with E-state index in [0.29, 0.717) is 5.56 Å². The molecule has 0 aliphatic heterocycles. The number of hydrogen-bond acceptors (Lipinski definition) is 3. The first-order chi connectivity index (χ1) is 10.6. The van der Waals surface area contributed by atoms with Crippen LogP contribution < -0.4 is 11.5 Å². The SMILES string of the molecule is NC(N)=NC(=O)c1ccc2c(c1)C(c1cncnc1)=CCC2. The maximum Gasteiger partial charge on any atom is 0.280 e. The Balaban J connectivity index is 2.06. The quantitative estimate of drug-likeness (QED) is 0.640. The second-order valence-corrected chi connectivity index (χ2v) is 5.00. The summed E-state index contributed by atoms with van der Waals surface area (Å²) in [6.45, 7) is 0. The predicted molar refractivity (Wildman–Crippen MR) is 84.0 cm³/mol. The van der Waals surface area contributed by atoms with Gasteiger partial charge in [-0.1, -0.05) is 12.1 Å². The number of allylic oxidation sites excluding steroid dienone is 1. The van der Waals surface area contributed by atoms with Crippen molar-refractivity contribution in [3.05, 3.63) is 65.2 Å². The van der Waals surface area contributed by atoms with Crippen molar-refractivity contribution < 1.29 is 4.79 Å². The molecule has 0 saturated heterocycles. The average molecular weight is 293 g/mol. The number of carbonyl (C=O) groups is 1.